The van der Waals surface area contributed by atoms with Crippen molar-refractivity contribution in [3.8, 4) is 0 Å². The average molecular weight is 733 g/mol. The van der Waals surface area contributed by atoms with E-state index < -0.39 is 30.6 Å². The second kappa shape index (κ2) is 19.7. The van der Waals surface area contributed by atoms with Crippen molar-refractivity contribution >= 4 is 19.1 Å². The van der Waals surface area contributed by atoms with Crippen LogP contribution in [0.1, 0.15) is 59.3 Å². The normalized spacial score (nSPS) is 32.5. The number of aliphatic carboxylic acids is 1. The van der Waals surface area contributed by atoms with Gasteiger partial charge in [-0.2, -0.15) is 0 Å². The molecule has 0 aromatic heterocycles. The SMILES string of the molecule is CCCCOC(=O)CN1CCN(CC2OCOC2CC)CCN(CC2OCOC2CC)CCN(C(CCC(=O)O)P(=O)(C2CO2)C2CO2)CC1. The Kier molecular flexibility index (Phi) is 15.8. The molecular weight excluding hydrogens is 671 g/mol. The van der Waals surface area contributed by atoms with Gasteiger partial charge in [-0.05, 0) is 25.7 Å². The van der Waals surface area contributed by atoms with Gasteiger partial charge in [-0.15, -0.1) is 0 Å². The van der Waals surface area contributed by atoms with E-state index in [4.69, 9.17) is 33.2 Å². The summed E-state index contributed by atoms with van der Waals surface area (Å²) < 4.78 is 55.5. The van der Waals surface area contributed by atoms with E-state index in [1.807, 2.05) is 0 Å². The van der Waals surface area contributed by atoms with Gasteiger partial charge in [0.15, 0.2) is 7.14 Å². The third-order valence-electron chi connectivity index (χ3n) is 10.7. The zero-order chi connectivity index (χ0) is 35.5. The second-order valence-electron chi connectivity index (χ2n) is 14.1. The van der Waals surface area contributed by atoms with Gasteiger partial charge < -0.3 is 42.8 Å². The van der Waals surface area contributed by atoms with Crippen LogP contribution in [0.5, 0.6) is 0 Å². The standard InChI is InChI=1S/C34H61N4O11P/c1-4-7-18-43-32(41)21-37-13-12-35(19-28-26(5-2)46-24-48-28)10-11-36(20-29-27(6-3)47-25-49-29)14-16-38(17-15-37)30(8-9-31(39)40)50(42,33-22-44-33)34-23-45-34/h26-30,33-34H,4-25H2,1-3H3,(H,39,40). The molecule has 0 spiro atoms. The molecule has 0 aromatic carbocycles. The van der Waals surface area contributed by atoms with Gasteiger partial charge in [0.1, 0.15) is 25.3 Å². The van der Waals surface area contributed by atoms with Crippen molar-refractivity contribution in [2.75, 3.05) is 105 Å². The topological polar surface area (TPSA) is 156 Å². The molecule has 5 fully saturated rings. The molecule has 50 heavy (non-hydrogen) atoms. The Morgan fingerprint density at radius 2 is 1.22 bits per heavy atom. The molecule has 5 aliphatic rings. The van der Waals surface area contributed by atoms with E-state index in [1.165, 1.54) is 0 Å². The highest BCUT2D eigenvalue weighted by atomic mass is 31.2. The van der Waals surface area contributed by atoms with E-state index >= 15 is 0 Å². The first-order chi connectivity index (χ1) is 24.2. The molecule has 0 bridgehead atoms. The number of nitrogens with zero attached hydrogens (tertiary/aromatic N) is 4. The predicted molar refractivity (Wildman–Crippen MR) is 184 cm³/mol. The summed E-state index contributed by atoms with van der Waals surface area (Å²) in [6.07, 6.45) is 3.59. The fraction of sp³-hybridized carbons (Fsp3) is 0.941. The molecule has 15 nitrogen and oxygen atoms in total. The number of unbranched alkanes of at least 4 members (excludes halogenated alkanes) is 1. The van der Waals surface area contributed by atoms with Crippen molar-refractivity contribution < 1.29 is 52.4 Å². The monoisotopic (exact) mass is 732 g/mol. The molecule has 16 heteroatoms. The molecule has 0 amide bonds. The lowest BCUT2D eigenvalue weighted by atomic mass is 10.1. The van der Waals surface area contributed by atoms with Crippen molar-refractivity contribution in [1.29, 1.82) is 0 Å². The smallest absolute Gasteiger partial charge is 0.320 e. The molecule has 7 atom stereocenters. The summed E-state index contributed by atoms with van der Waals surface area (Å²) in [5.41, 5.74) is 0. The van der Waals surface area contributed by atoms with Crippen LogP contribution in [0, 0.1) is 0 Å². The van der Waals surface area contributed by atoms with Crippen LogP contribution in [0.25, 0.3) is 0 Å². The number of carboxylic acids is 1. The van der Waals surface area contributed by atoms with Gasteiger partial charge >= 0.3 is 11.9 Å². The Hall–Kier alpha value is -1.23. The number of carbonyl (C=O) groups excluding carboxylic acids is 1. The summed E-state index contributed by atoms with van der Waals surface area (Å²) in [4.78, 5) is 34.0. The fourth-order valence-electron chi connectivity index (χ4n) is 7.41. The Morgan fingerprint density at radius 3 is 1.70 bits per heavy atom. The maximum absolute atomic E-state index is 14.9. The summed E-state index contributed by atoms with van der Waals surface area (Å²) in [5, 5.41) is 9.74. The number of esters is 1. The van der Waals surface area contributed by atoms with E-state index in [0.29, 0.717) is 72.4 Å². The first-order valence-corrected chi connectivity index (χ1v) is 20.7. The summed E-state index contributed by atoms with van der Waals surface area (Å²) >= 11 is 0. The lowest BCUT2D eigenvalue weighted by Gasteiger charge is -2.40. The number of carbonyl (C=O) groups is 2. The molecule has 0 aromatic rings. The molecule has 5 saturated heterocycles. The van der Waals surface area contributed by atoms with Gasteiger partial charge in [-0.1, -0.05) is 27.2 Å². The molecule has 0 saturated carbocycles. The van der Waals surface area contributed by atoms with Crippen molar-refractivity contribution in [1.82, 2.24) is 19.6 Å². The van der Waals surface area contributed by atoms with Gasteiger partial charge in [-0.25, -0.2) is 0 Å². The molecule has 1 N–H and O–H groups in total. The Balaban J connectivity index is 1.39. The summed E-state index contributed by atoms with van der Waals surface area (Å²) in [5.74, 6) is -2.52. The maximum atomic E-state index is 14.9. The first-order valence-electron chi connectivity index (χ1n) is 18.8. The molecular formula is C34H61N4O11P. The van der Waals surface area contributed by atoms with Crippen molar-refractivity contribution in [2.24, 2.45) is 0 Å². The molecule has 5 heterocycles. The third kappa shape index (κ3) is 11.4. The van der Waals surface area contributed by atoms with Crippen LogP contribution < -0.4 is 0 Å². The fourth-order valence-corrected chi connectivity index (χ4v) is 10.9. The maximum Gasteiger partial charge on any atom is 0.320 e. The largest absolute Gasteiger partial charge is 0.481 e. The van der Waals surface area contributed by atoms with Gasteiger partial charge in [0.05, 0.1) is 56.6 Å². The number of epoxide rings is 2. The van der Waals surface area contributed by atoms with Crippen molar-refractivity contribution in [2.45, 2.75) is 101 Å². The zero-order valence-electron chi connectivity index (χ0n) is 30.4. The van der Waals surface area contributed by atoms with Gasteiger partial charge in [-0.3, -0.25) is 29.2 Å². The highest BCUT2D eigenvalue weighted by Gasteiger charge is 2.59. The molecule has 0 radical (unpaired) electrons. The van der Waals surface area contributed by atoms with Crippen molar-refractivity contribution in [3.63, 3.8) is 0 Å². The Bertz CT molecular complexity index is 1100. The summed E-state index contributed by atoms with van der Waals surface area (Å²) in [6, 6.07) is 0. The van der Waals surface area contributed by atoms with Crippen LogP contribution in [0.4, 0.5) is 0 Å². The van der Waals surface area contributed by atoms with Crippen LogP contribution in [0.3, 0.4) is 0 Å². The van der Waals surface area contributed by atoms with Crippen LogP contribution in [0.15, 0.2) is 0 Å². The Morgan fingerprint density at radius 1 is 0.740 bits per heavy atom. The van der Waals surface area contributed by atoms with E-state index in [1.54, 1.807) is 0 Å². The number of hydrogen-bond acceptors (Lipinski definition) is 14. The van der Waals surface area contributed by atoms with E-state index in [9.17, 15) is 19.3 Å². The lowest BCUT2D eigenvalue weighted by molar-refractivity contribution is -0.145. The van der Waals surface area contributed by atoms with Crippen LogP contribution in [-0.2, 0) is 47.3 Å². The second-order valence-corrected chi connectivity index (χ2v) is 17.4. The number of rotatable bonds is 18. The predicted octanol–water partition coefficient (Wildman–Crippen LogP) is 2.12. The molecule has 5 rings (SSSR count). The quantitative estimate of drug-likeness (QED) is 0.0946. The average Bonchev–Trinajstić information content (AvgIpc) is 4.04. The van der Waals surface area contributed by atoms with Crippen molar-refractivity contribution in [3.05, 3.63) is 0 Å². The summed E-state index contributed by atoms with van der Waals surface area (Å²) in [7, 11) is -3.11. The third-order valence-corrected chi connectivity index (χ3v) is 14.6. The molecule has 7 unspecified atom stereocenters. The minimum absolute atomic E-state index is 0.0196. The number of hydrogen-bond donors (Lipinski definition) is 1. The molecule has 0 aliphatic carbocycles. The number of carboxylic acid groups (broad SMARTS) is 1. The van der Waals surface area contributed by atoms with Gasteiger partial charge in [0, 0.05) is 71.9 Å². The summed E-state index contributed by atoms with van der Waals surface area (Å²) in [6.45, 7) is 14.7. The Labute approximate surface area is 297 Å². The lowest BCUT2D eigenvalue weighted by Crippen LogP contribution is -2.52. The van der Waals surface area contributed by atoms with Crippen LogP contribution >= 0.6 is 7.14 Å². The first kappa shape index (κ1) is 40.0. The minimum atomic E-state index is -3.11. The van der Waals surface area contributed by atoms with Gasteiger partial charge in [0.2, 0.25) is 0 Å². The van der Waals surface area contributed by atoms with E-state index in [2.05, 4.69) is 40.4 Å². The van der Waals surface area contributed by atoms with E-state index in [-0.39, 0.29) is 56.6 Å². The van der Waals surface area contributed by atoms with E-state index in [0.717, 1.165) is 45.3 Å². The van der Waals surface area contributed by atoms with Gasteiger partial charge in [0.25, 0.3) is 0 Å². The van der Waals surface area contributed by atoms with Crippen LogP contribution in [0.2, 0.25) is 0 Å². The molecule has 288 valence electrons. The molecule has 5 aliphatic heterocycles. The van der Waals surface area contributed by atoms with Crippen LogP contribution in [-0.4, -0.2) is 184 Å². The highest BCUT2D eigenvalue weighted by Crippen LogP contribution is 2.69. The number of ether oxygens (including phenoxy) is 7. The minimum Gasteiger partial charge on any atom is -0.481 e. The highest BCUT2D eigenvalue weighted by molar-refractivity contribution is 7.66. The zero-order valence-corrected chi connectivity index (χ0v) is 31.3.